The molecule has 2 unspecified atom stereocenters. The standard InChI is InChI=1S/C32H17NO2S2/c34-31-25-23-19-12-6-7-13-20(19)24(26(25)32(35)33(31)18-10-2-1-3-11-18)29-27(23)30-28(37-29)21-14-16-8-4-5-9-17(16)15-22(21)36-30/h1-15,25-26H. The van der Waals surface area contributed by atoms with E-state index in [1.807, 2.05) is 53.8 Å². The number of benzene rings is 5. The van der Waals surface area contributed by atoms with Crippen molar-refractivity contribution in [3.63, 3.8) is 0 Å². The fourth-order valence-electron chi connectivity index (χ4n) is 6.64. The molecule has 5 heteroatoms. The van der Waals surface area contributed by atoms with Crippen LogP contribution in [-0.2, 0) is 9.59 Å². The summed E-state index contributed by atoms with van der Waals surface area (Å²) in [6.07, 6.45) is 0. The molecule has 0 N–H and O–H groups in total. The van der Waals surface area contributed by atoms with E-state index in [4.69, 9.17) is 0 Å². The van der Waals surface area contributed by atoms with Crippen LogP contribution < -0.4 is 4.90 Å². The van der Waals surface area contributed by atoms with E-state index in [1.165, 1.54) is 45.2 Å². The SMILES string of the molecule is O=C1C2c3c4ccccc4c(c4c3sc3c5cc6ccccc6cc5sc34)C2C(=O)N1c1ccccc1. The average Bonchev–Trinajstić information content (AvgIpc) is 3.56. The maximum absolute atomic E-state index is 14.0. The van der Waals surface area contributed by atoms with Gasteiger partial charge in [-0.1, -0.05) is 66.7 Å². The van der Waals surface area contributed by atoms with Crippen molar-refractivity contribution in [3.05, 3.63) is 102 Å². The molecule has 10 rings (SSSR count). The molecule has 1 aliphatic heterocycles. The van der Waals surface area contributed by atoms with E-state index in [1.54, 1.807) is 11.3 Å². The van der Waals surface area contributed by atoms with Gasteiger partial charge in [0.25, 0.3) is 0 Å². The summed E-state index contributed by atoms with van der Waals surface area (Å²) in [7, 11) is 0. The van der Waals surface area contributed by atoms with E-state index in [0.717, 1.165) is 21.9 Å². The topological polar surface area (TPSA) is 37.4 Å². The number of carbonyl (C=O) groups excluding carboxylic acids is 2. The summed E-state index contributed by atoms with van der Waals surface area (Å²) >= 11 is 3.60. The van der Waals surface area contributed by atoms with E-state index in [2.05, 4.69) is 48.5 Å². The zero-order valence-electron chi connectivity index (χ0n) is 19.4. The molecule has 1 saturated heterocycles. The average molecular weight is 512 g/mol. The highest BCUT2D eigenvalue weighted by Gasteiger charge is 2.55. The van der Waals surface area contributed by atoms with Crippen molar-refractivity contribution in [2.24, 2.45) is 0 Å². The minimum atomic E-state index is -0.479. The lowest BCUT2D eigenvalue weighted by atomic mass is 9.72. The minimum absolute atomic E-state index is 0.110. The number of amides is 2. The number of hydrogen-bond donors (Lipinski definition) is 0. The highest BCUT2D eigenvalue weighted by atomic mass is 32.1. The molecule has 0 spiro atoms. The first-order chi connectivity index (χ1) is 18.2. The first-order valence-electron chi connectivity index (χ1n) is 12.4. The zero-order valence-corrected chi connectivity index (χ0v) is 21.0. The van der Waals surface area contributed by atoms with Crippen LogP contribution in [0.1, 0.15) is 23.0 Å². The first-order valence-corrected chi connectivity index (χ1v) is 14.0. The number of rotatable bonds is 1. The van der Waals surface area contributed by atoms with E-state index < -0.39 is 11.8 Å². The van der Waals surface area contributed by atoms with Crippen LogP contribution in [0.2, 0.25) is 0 Å². The Bertz CT molecular complexity index is 2150. The lowest BCUT2D eigenvalue weighted by Gasteiger charge is -2.28. The van der Waals surface area contributed by atoms with Crippen LogP contribution in [0, 0.1) is 0 Å². The molecule has 1 fully saturated rings. The van der Waals surface area contributed by atoms with Crippen LogP contribution in [0.4, 0.5) is 5.69 Å². The first kappa shape index (κ1) is 20.0. The quantitative estimate of drug-likeness (QED) is 0.208. The molecular weight excluding hydrogens is 494 g/mol. The van der Waals surface area contributed by atoms with E-state index in [-0.39, 0.29) is 11.8 Å². The Kier molecular flexibility index (Phi) is 3.70. The van der Waals surface area contributed by atoms with Gasteiger partial charge >= 0.3 is 0 Å². The second kappa shape index (κ2) is 6.82. The van der Waals surface area contributed by atoms with Gasteiger partial charge in [0.05, 0.1) is 26.9 Å². The normalized spacial score (nSPS) is 18.9. The van der Waals surface area contributed by atoms with E-state index in [9.17, 15) is 9.59 Å². The highest BCUT2D eigenvalue weighted by molar-refractivity contribution is 7.36. The molecule has 7 aromatic rings. The van der Waals surface area contributed by atoms with Gasteiger partial charge in [-0.2, -0.15) is 0 Å². The Morgan fingerprint density at radius 3 is 1.95 bits per heavy atom. The number of para-hydroxylation sites is 1. The van der Waals surface area contributed by atoms with Crippen molar-refractivity contribution in [2.45, 2.75) is 11.8 Å². The second-order valence-electron chi connectivity index (χ2n) is 9.94. The van der Waals surface area contributed by atoms with Crippen LogP contribution in [0.3, 0.4) is 0 Å². The fraction of sp³-hybridized carbons (Fsp3) is 0.0625. The third-order valence-corrected chi connectivity index (χ3v) is 10.7. The molecule has 5 aromatic carbocycles. The minimum Gasteiger partial charge on any atom is -0.273 e. The third kappa shape index (κ3) is 2.37. The maximum Gasteiger partial charge on any atom is 0.242 e. The molecule has 2 atom stereocenters. The van der Waals surface area contributed by atoms with Gasteiger partial charge in [0.2, 0.25) is 11.8 Å². The van der Waals surface area contributed by atoms with Crippen LogP contribution in [0.5, 0.6) is 0 Å². The third-order valence-electron chi connectivity index (χ3n) is 8.13. The van der Waals surface area contributed by atoms with Gasteiger partial charge in [-0.3, -0.25) is 9.59 Å². The summed E-state index contributed by atoms with van der Waals surface area (Å²) in [6.45, 7) is 0. The molecule has 2 amide bonds. The van der Waals surface area contributed by atoms with Crippen LogP contribution in [0.15, 0.2) is 91.0 Å². The van der Waals surface area contributed by atoms with Crippen molar-refractivity contribution in [2.75, 3.05) is 4.90 Å². The fourth-order valence-corrected chi connectivity index (χ4v) is 9.55. The van der Waals surface area contributed by atoms with Gasteiger partial charge < -0.3 is 0 Å². The van der Waals surface area contributed by atoms with Gasteiger partial charge in [-0.05, 0) is 56.9 Å². The van der Waals surface area contributed by atoms with Crippen LogP contribution >= 0.6 is 22.7 Å². The number of hydrogen-bond acceptors (Lipinski definition) is 4. The van der Waals surface area contributed by atoms with Crippen molar-refractivity contribution in [1.82, 2.24) is 0 Å². The van der Waals surface area contributed by atoms with Gasteiger partial charge in [-0.15, -0.1) is 22.7 Å². The van der Waals surface area contributed by atoms with Gasteiger partial charge in [-0.25, -0.2) is 4.90 Å². The largest absolute Gasteiger partial charge is 0.273 e. The van der Waals surface area contributed by atoms with Gasteiger partial charge in [0.15, 0.2) is 0 Å². The number of anilines is 1. The Labute approximate surface area is 219 Å². The molecule has 37 heavy (non-hydrogen) atoms. The van der Waals surface area contributed by atoms with Crippen molar-refractivity contribution in [1.29, 1.82) is 0 Å². The van der Waals surface area contributed by atoms with Crippen molar-refractivity contribution < 1.29 is 9.59 Å². The highest BCUT2D eigenvalue weighted by Crippen LogP contribution is 2.60. The summed E-state index contributed by atoms with van der Waals surface area (Å²) in [5.41, 5.74) is 2.72. The van der Waals surface area contributed by atoms with Crippen molar-refractivity contribution >= 4 is 91.3 Å². The van der Waals surface area contributed by atoms with Crippen LogP contribution in [0.25, 0.3) is 51.1 Å². The molecule has 2 aromatic heterocycles. The van der Waals surface area contributed by atoms with E-state index >= 15 is 0 Å². The molecule has 3 nitrogen and oxygen atoms in total. The zero-order chi connectivity index (χ0) is 24.4. The number of fused-ring (bicyclic) bond motifs is 4. The predicted molar refractivity (Wildman–Crippen MR) is 154 cm³/mol. The van der Waals surface area contributed by atoms with Gasteiger partial charge in [0.1, 0.15) is 0 Å². The summed E-state index contributed by atoms with van der Waals surface area (Å²) < 4.78 is 4.93. The summed E-state index contributed by atoms with van der Waals surface area (Å²) in [4.78, 5) is 29.4. The number of carbonyl (C=O) groups is 2. The Hall–Kier alpha value is -4.06. The predicted octanol–water partition coefficient (Wildman–Crippen LogP) is 8.33. The Morgan fingerprint density at radius 1 is 0.568 bits per heavy atom. The van der Waals surface area contributed by atoms with E-state index in [0.29, 0.717) is 5.69 Å². The summed E-state index contributed by atoms with van der Waals surface area (Å²) in [5, 5.41) is 7.11. The molecule has 2 bridgehead atoms. The Morgan fingerprint density at radius 2 is 1.19 bits per heavy atom. The molecule has 0 radical (unpaired) electrons. The smallest absolute Gasteiger partial charge is 0.242 e. The molecule has 174 valence electrons. The summed E-state index contributed by atoms with van der Waals surface area (Å²) in [5.74, 6) is -1.17. The number of thiophene rings is 2. The lowest BCUT2D eigenvalue weighted by Crippen LogP contribution is -2.30. The van der Waals surface area contributed by atoms with Gasteiger partial charge in [0, 0.05) is 20.2 Å². The Balaban J connectivity index is 1.41. The lowest BCUT2D eigenvalue weighted by molar-refractivity contribution is -0.121. The summed E-state index contributed by atoms with van der Waals surface area (Å²) in [6, 6.07) is 30.7. The molecule has 3 aliphatic rings. The molecular formula is C32H17NO2S2. The monoisotopic (exact) mass is 511 g/mol. The second-order valence-corrected chi connectivity index (χ2v) is 12.0. The number of imide groups is 1. The van der Waals surface area contributed by atoms with Crippen LogP contribution in [-0.4, -0.2) is 11.8 Å². The molecule has 2 aliphatic carbocycles. The molecule has 0 saturated carbocycles. The van der Waals surface area contributed by atoms with Crippen molar-refractivity contribution in [3.8, 4) is 0 Å². The number of nitrogens with zero attached hydrogens (tertiary/aromatic N) is 1. The maximum atomic E-state index is 14.0. The molecule has 3 heterocycles.